The van der Waals surface area contributed by atoms with Crippen LogP contribution in [-0.4, -0.2) is 36.8 Å². The third kappa shape index (κ3) is 2.77. The lowest BCUT2D eigenvalue weighted by molar-refractivity contribution is 0.0697. The molecule has 0 saturated carbocycles. The summed E-state index contributed by atoms with van der Waals surface area (Å²) in [6, 6.07) is 7.66. The highest BCUT2D eigenvalue weighted by Crippen LogP contribution is 2.18. The zero-order valence-corrected chi connectivity index (χ0v) is 10.0. The minimum absolute atomic E-state index is 0.356. The van der Waals surface area contributed by atoms with Crippen molar-refractivity contribution in [3.05, 3.63) is 29.8 Å². The summed E-state index contributed by atoms with van der Waals surface area (Å²) in [4.78, 5) is 13.2. The number of carbonyl (C=O) groups is 1. The van der Waals surface area contributed by atoms with E-state index in [1.165, 1.54) is 0 Å². The predicted octanol–water partition coefficient (Wildman–Crippen LogP) is 1.57. The van der Waals surface area contributed by atoms with Crippen LogP contribution in [0.25, 0.3) is 0 Å². The van der Waals surface area contributed by atoms with Crippen LogP contribution < -0.4 is 10.2 Å². The van der Waals surface area contributed by atoms with Gasteiger partial charge in [-0.15, -0.1) is 0 Å². The van der Waals surface area contributed by atoms with Crippen molar-refractivity contribution in [2.75, 3.05) is 24.5 Å². The Balaban J connectivity index is 2.16. The highest BCUT2D eigenvalue weighted by atomic mass is 16.4. The third-order valence-electron chi connectivity index (χ3n) is 3.21. The quantitative estimate of drug-likeness (QED) is 0.833. The fraction of sp³-hybridized carbons (Fsp3) is 0.462. The third-order valence-corrected chi connectivity index (χ3v) is 3.21. The van der Waals surface area contributed by atoms with Gasteiger partial charge in [-0.2, -0.15) is 0 Å². The first kappa shape index (κ1) is 11.9. The Morgan fingerprint density at radius 3 is 3.12 bits per heavy atom. The molecule has 1 heterocycles. The van der Waals surface area contributed by atoms with Gasteiger partial charge < -0.3 is 15.3 Å². The maximum Gasteiger partial charge on any atom is 0.335 e. The van der Waals surface area contributed by atoms with Crippen LogP contribution in [0.5, 0.6) is 0 Å². The van der Waals surface area contributed by atoms with Gasteiger partial charge in [0.1, 0.15) is 0 Å². The molecule has 2 N–H and O–H groups in total. The molecule has 4 nitrogen and oxygen atoms in total. The molecule has 1 saturated heterocycles. The zero-order chi connectivity index (χ0) is 12.3. The molecule has 0 aliphatic carbocycles. The minimum atomic E-state index is -0.867. The zero-order valence-electron chi connectivity index (χ0n) is 10.0. The van der Waals surface area contributed by atoms with Crippen LogP contribution in [0, 0.1) is 0 Å². The Kier molecular flexibility index (Phi) is 3.64. The number of nitrogens with one attached hydrogen (secondary N) is 1. The van der Waals surface area contributed by atoms with Gasteiger partial charge in [0.25, 0.3) is 0 Å². The molecular formula is C13H18N2O2. The van der Waals surface area contributed by atoms with E-state index in [-0.39, 0.29) is 0 Å². The van der Waals surface area contributed by atoms with E-state index in [1.807, 2.05) is 12.1 Å². The number of hydrogen-bond acceptors (Lipinski definition) is 3. The smallest absolute Gasteiger partial charge is 0.335 e. The first-order valence-electron chi connectivity index (χ1n) is 6.02. The molecule has 1 fully saturated rings. The molecule has 1 aliphatic rings. The highest BCUT2D eigenvalue weighted by molar-refractivity contribution is 5.88. The summed E-state index contributed by atoms with van der Waals surface area (Å²) in [7, 11) is 0. The van der Waals surface area contributed by atoms with Gasteiger partial charge in [-0.25, -0.2) is 4.79 Å². The summed E-state index contributed by atoms with van der Waals surface area (Å²) in [6.45, 7) is 4.99. The van der Waals surface area contributed by atoms with Gasteiger partial charge >= 0.3 is 5.97 Å². The second-order valence-corrected chi connectivity index (χ2v) is 4.36. The molecular weight excluding hydrogens is 216 g/mol. The van der Waals surface area contributed by atoms with E-state index in [2.05, 4.69) is 17.1 Å². The van der Waals surface area contributed by atoms with Crippen LogP contribution in [0.1, 0.15) is 23.7 Å². The number of rotatable bonds is 3. The summed E-state index contributed by atoms with van der Waals surface area (Å²) in [5.74, 6) is -0.867. The maximum atomic E-state index is 10.9. The fourth-order valence-electron chi connectivity index (χ4n) is 2.17. The lowest BCUT2D eigenvalue weighted by atomic mass is 10.1. The molecule has 0 amide bonds. The summed E-state index contributed by atoms with van der Waals surface area (Å²) >= 11 is 0. The average Bonchev–Trinajstić information content (AvgIpc) is 2.39. The van der Waals surface area contributed by atoms with Crippen molar-refractivity contribution in [3.8, 4) is 0 Å². The molecule has 2 rings (SSSR count). The fourth-order valence-corrected chi connectivity index (χ4v) is 2.17. The van der Waals surface area contributed by atoms with Gasteiger partial charge in [0.2, 0.25) is 0 Å². The molecule has 1 aromatic carbocycles. The largest absolute Gasteiger partial charge is 0.478 e. The molecule has 4 heteroatoms. The second-order valence-electron chi connectivity index (χ2n) is 4.36. The Labute approximate surface area is 101 Å². The van der Waals surface area contributed by atoms with E-state index in [4.69, 9.17) is 5.11 Å². The van der Waals surface area contributed by atoms with Crippen molar-refractivity contribution < 1.29 is 9.90 Å². The minimum Gasteiger partial charge on any atom is -0.478 e. The highest BCUT2D eigenvalue weighted by Gasteiger charge is 2.18. The molecule has 0 aromatic heterocycles. The van der Waals surface area contributed by atoms with Crippen molar-refractivity contribution >= 4 is 11.7 Å². The topological polar surface area (TPSA) is 52.6 Å². The van der Waals surface area contributed by atoms with Gasteiger partial charge in [0, 0.05) is 31.4 Å². The molecule has 17 heavy (non-hydrogen) atoms. The van der Waals surface area contributed by atoms with E-state index in [1.54, 1.807) is 12.1 Å². The summed E-state index contributed by atoms with van der Waals surface area (Å²) in [6.07, 6.45) is 1.09. The van der Waals surface area contributed by atoms with Crippen molar-refractivity contribution in [2.45, 2.75) is 19.4 Å². The number of anilines is 1. The molecule has 1 atom stereocenters. The van der Waals surface area contributed by atoms with E-state index >= 15 is 0 Å². The second kappa shape index (κ2) is 5.19. The number of aromatic carboxylic acids is 1. The van der Waals surface area contributed by atoms with Crippen molar-refractivity contribution in [2.24, 2.45) is 0 Å². The number of benzene rings is 1. The van der Waals surface area contributed by atoms with Gasteiger partial charge in [-0.3, -0.25) is 0 Å². The van der Waals surface area contributed by atoms with Crippen LogP contribution in [0.2, 0.25) is 0 Å². The molecule has 0 unspecified atom stereocenters. The molecule has 92 valence electrons. The standard InChI is InChI=1S/C13H18N2O2/c1-2-11-9-15(7-6-14-11)12-5-3-4-10(8-12)13(16)17/h3-5,8,11,14H,2,6-7,9H2,1H3,(H,16,17)/t11-/m0/s1. The normalized spacial score (nSPS) is 20.3. The number of piperazine rings is 1. The lowest BCUT2D eigenvalue weighted by Crippen LogP contribution is -2.50. The Hall–Kier alpha value is -1.55. The number of carboxylic acids is 1. The van der Waals surface area contributed by atoms with Crippen LogP contribution in [0.4, 0.5) is 5.69 Å². The number of carboxylic acid groups (broad SMARTS) is 1. The van der Waals surface area contributed by atoms with E-state index in [9.17, 15) is 4.79 Å². The summed E-state index contributed by atoms with van der Waals surface area (Å²) in [5, 5.41) is 12.4. The van der Waals surface area contributed by atoms with Gasteiger partial charge in [-0.1, -0.05) is 13.0 Å². The van der Waals surface area contributed by atoms with Crippen LogP contribution in [-0.2, 0) is 0 Å². The monoisotopic (exact) mass is 234 g/mol. The van der Waals surface area contributed by atoms with E-state index in [0.29, 0.717) is 11.6 Å². The van der Waals surface area contributed by atoms with Crippen LogP contribution in [0.3, 0.4) is 0 Å². The molecule has 0 bridgehead atoms. The van der Waals surface area contributed by atoms with Crippen LogP contribution in [0.15, 0.2) is 24.3 Å². The molecule has 1 aromatic rings. The summed E-state index contributed by atoms with van der Waals surface area (Å²) in [5.41, 5.74) is 1.36. The van der Waals surface area contributed by atoms with Crippen LogP contribution >= 0.6 is 0 Å². The van der Waals surface area contributed by atoms with Gasteiger partial charge in [0.15, 0.2) is 0 Å². The molecule has 0 radical (unpaired) electrons. The maximum absolute atomic E-state index is 10.9. The lowest BCUT2D eigenvalue weighted by Gasteiger charge is -2.35. The number of nitrogens with zero attached hydrogens (tertiary/aromatic N) is 1. The predicted molar refractivity (Wildman–Crippen MR) is 67.7 cm³/mol. The molecule has 1 aliphatic heterocycles. The van der Waals surface area contributed by atoms with Crippen molar-refractivity contribution in [1.82, 2.24) is 5.32 Å². The Morgan fingerprint density at radius 2 is 2.41 bits per heavy atom. The van der Waals surface area contributed by atoms with E-state index in [0.717, 1.165) is 31.7 Å². The average molecular weight is 234 g/mol. The van der Waals surface area contributed by atoms with Gasteiger partial charge in [0.05, 0.1) is 5.56 Å². The molecule has 0 spiro atoms. The first-order chi connectivity index (χ1) is 8.20. The van der Waals surface area contributed by atoms with Gasteiger partial charge in [-0.05, 0) is 24.6 Å². The van der Waals surface area contributed by atoms with Crippen molar-refractivity contribution in [1.29, 1.82) is 0 Å². The Morgan fingerprint density at radius 1 is 1.59 bits per heavy atom. The Bertz CT molecular complexity index is 406. The van der Waals surface area contributed by atoms with E-state index < -0.39 is 5.97 Å². The summed E-state index contributed by atoms with van der Waals surface area (Å²) < 4.78 is 0. The SMILES string of the molecule is CC[C@H]1CN(c2cccc(C(=O)O)c2)CCN1. The first-order valence-corrected chi connectivity index (χ1v) is 6.02. The number of hydrogen-bond donors (Lipinski definition) is 2. The van der Waals surface area contributed by atoms with Crippen molar-refractivity contribution in [3.63, 3.8) is 0 Å².